The number of rotatable bonds is 6. The van der Waals surface area contributed by atoms with Crippen LogP contribution >= 0.6 is 23.4 Å². The Morgan fingerprint density at radius 1 is 1.09 bits per heavy atom. The summed E-state index contributed by atoms with van der Waals surface area (Å²) in [6.45, 7) is 0. The summed E-state index contributed by atoms with van der Waals surface area (Å²) in [5.41, 5.74) is -0.107. The lowest BCUT2D eigenvalue weighted by Gasteiger charge is -2.14. The number of benzene rings is 1. The Morgan fingerprint density at radius 2 is 1.81 bits per heavy atom. The van der Waals surface area contributed by atoms with Gasteiger partial charge in [0.05, 0.1) is 30.5 Å². The number of thioether (sulfide) groups is 1. The smallest absolute Gasteiger partial charge is 0.417 e. The molecule has 0 aliphatic heterocycles. The molecule has 166 valence electrons. The van der Waals surface area contributed by atoms with Crippen molar-refractivity contribution in [2.75, 3.05) is 25.8 Å². The lowest BCUT2D eigenvalue weighted by atomic mass is 10.1. The predicted molar refractivity (Wildman–Crippen MR) is 115 cm³/mol. The zero-order chi connectivity index (χ0) is 23.5. The summed E-state index contributed by atoms with van der Waals surface area (Å²) >= 11 is 7.22. The fourth-order valence-corrected chi connectivity index (χ4v) is 3.30. The number of alkyl halides is 3. The molecule has 0 amide bonds. The summed E-state index contributed by atoms with van der Waals surface area (Å²) in [6.07, 6.45) is -2.20. The molecule has 0 radical (unpaired) electrons. The molecule has 0 fully saturated rings. The quantitative estimate of drug-likeness (QED) is 0.361. The number of hydrogen-bond acceptors (Lipinski definition) is 8. The highest BCUT2D eigenvalue weighted by Crippen LogP contribution is 2.37. The normalized spacial score (nSPS) is 11.1. The van der Waals surface area contributed by atoms with Gasteiger partial charge in [-0.05, 0) is 30.5 Å². The molecule has 12 heteroatoms. The van der Waals surface area contributed by atoms with Crippen molar-refractivity contribution in [2.45, 2.75) is 11.3 Å². The SMILES string of the molecule is COc1ccc(-c2nc(SC)nc(Nc3ncc(C(F)(F)F)cc3Cl)c2C#N)cc1OC. The van der Waals surface area contributed by atoms with Crippen molar-refractivity contribution in [3.05, 3.63) is 46.6 Å². The maximum Gasteiger partial charge on any atom is 0.417 e. The molecule has 3 aromatic rings. The van der Waals surface area contributed by atoms with Gasteiger partial charge in [-0.1, -0.05) is 23.4 Å². The summed E-state index contributed by atoms with van der Waals surface area (Å²) in [7, 11) is 2.98. The van der Waals surface area contributed by atoms with E-state index in [-0.39, 0.29) is 22.2 Å². The minimum absolute atomic E-state index is 0.0470. The molecule has 0 bridgehead atoms. The Morgan fingerprint density at radius 3 is 2.38 bits per heavy atom. The number of anilines is 2. The molecular formula is C20H15ClF3N5O2S. The summed E-state index contributed by atoms with van der Waals surface area (Å²) in [5, 5.41) is 12.6. The Kier molecular flexibility index (Phi) is 6.96. The minimum Gasteiger partial charge on any atom is -0.493 e. The third-order valence-electron chi connectivity index (χ3n) is 4.25. The number of hydrogen-bond donors (Lipinski definition) is 1. The fourth-order valence-electron chi connectivity index (χ4n) is 2.72. The lowest BCUT2D eigenvalue weighted by Crippen LogP contribution is -2.08. The van der Waals surface area contributed by atoms with Gasteiger partial charge in [-0.3, -0.25) is 0 Å². The Bertz CT molecular complexity index is 1200. The number of nitrogens with zero attached hydrogens (tertiary/aromatic N) is 4. The van der Waals surface area contributed by atoms with E-state index in [0.717, 1.165) is 6.07 Å². The highest BCUT2D eigenvalue weighted by molar-refractivity contribution is 7.98. The standard InChI is InChI=1S/C20H15ClF3N5O2S/c1-30-14-5-4-10(6-15(14)31-2)16-12(8-25)17(29-19(27-16)32-3)28-18-13(21)7-11(9-26-18)20(22,23)24/h4-7,9H,1-3H3,(H,26,27,28,29). The molecule has 32 heavy (non-hydrogen) atoms. The molecule has 0 saturated heterocycles. The van der Waals surface area contributed by atoms with Crippen molar-refractivity contribution in [3.63, 3.8) is 0 Å². The second kappa shape index (κ2) is 9.50. The number of aromatic nitrogens is 3. The molecule has 0 unspecified atom stereocenters. The van der Waals surface area contributed by atoms with Gasteiger partial charge in [0.1, 0.15) is 17.5 Å². The third kappa shape index (κ3) is 4.81. The van der Waals surface area contributed by atoms with E-state index in [1.807, 2.05) is 6.07 Å². The van der Waals surface area contributed by atoms with E-state index in [1.54, 1.807) is 24.5 Å². The number of ether oxygens (including phenoxy) is 2. The first-order chi connectivity index (χ1) is 15.2. The van der Waals surface area contributed by atoms with Gasteiger partial charge >= 0.3 is 6.18 Å². The number of nitrogens with one attached hydrogen (secondary N) is 1. The predicted octanol–water partition coefficient (Wildman–Crippen LogP) is 5.57. The van der Waals surface area contributed by atoms with Crippen molar-refractivity contribution in [2.24, 2.45) is 0 Å². The van der Waals surface area contributed by atoms with Crippen LogP contribution in [0.3, 0.4) is 0 Å². The van der Waals surface area contributed by atoms with E-state index in [1.165, 1.54) is 26.0 Å². The molecule has 0 spiro atoms. The molecule has 1 aromatic carbocycles. The first-order valence-corrected chi connectivity index (χ1v) is 10.4. The number of halogens is 4. The van der Waals surface area contributed by atoms with Crippen molar-refractivity contribution >= 4 is 35.0 Å². The van der Waals surface area contributed by atoms with E-state index in [4.69, 9.17) is 21.1 Å². The fraction of sp³-hybridized carbons (Fsp3) is 0.200. The van der Waals surface area contributed by atoms with Crippen LogP contribution in [0.25, 0.3) is 11.3 Å². The highest BCUT2D eigenvalue weighted by Gasteiger charge is 2.31. The maximum atomic E-state index is 12.9. The first kappa shape index (κ1) is 23.4. The molecule has 1 N–H and O–H groups in total. The van der Waals surface area contributed by atoms with Crippen LogP contribution in [0.4, 0.5) is 24.8 Å². The average molecular weight is 482 g/mol. The Hall–Kier alpha value is -3.23. The van der Waals surface area contributed by atoms with Gasteiger partial charge in [0.15, 0.2) is 22.5 Å². The van der Waals surface area contributed by atoms with Crippen LogP contribution in [0.2, 0.25) is 5.02 Å². The van der Waals surface area contributed by atoms with Crippen molar-refractivity contribution in [3.8, 4) is 28.8 Å². The van der Waals surface area contributed by atoms with Crippen LogP contribution in [0.5, 0.6) is 11.5 Å². The molecule has 7 nitrogen and oxygen atoms in total. The monoisotopic (exact) mass is 481 g/mol. The Labute approximate surface area is 190 Å². The maximum absolute atomic E-state index is 12.9. The summed E-state index contributed by atoms with van der Waals surface area (Å²) in [5.74, 6) is 0.888. The average Bonchev–Trinajstić information content (AvgIpc) is 2.78. The lowest BCUT2D eigenvalue weighted by molar-refractivity contribution is -0.137. The van der Waals surface area contributed by atoms with Gasteiger partial charge in [0.25, 0.3) is 0 Å². The zero-order valence-corrected chi connectivity index (χ0v) is 18.5. The van der Waals surface area contributed by atoms with E-state index >= 15 is 0 Å². The summed E-state index contributed by atoms with van der Waals surface area (Å²) in [4.78, 5) is 12.4. The summed E-state index contributed by atoms with van der Waals surface area (Å²) in [6, 6.07) is 7.79. The Balaban J connectivity index is 2.12. The van der Waals surface area contributed by atoms with Crippen molar-refractivity contribution in [1.29, 1.82) is 5.26 Å². The van der Waals surface area contributed by atoms with Crippen LogP contribution in [0.15, 0.2) is 35.6 Å². The molecule has 0 aliphatic rings. The van der Waals surface area contributed by atoms with Crippen molar-refractivity contribution < 1.29 is 22.6 Å². The van der Waals surface area contributed by atoms with Gasteiger partial charge in [-0.25, -0.2) is 15.0 Å². The second-order valence-corrected chi connectivity index (χ2v) is 7.32. The van der Waals surface area contributed by atoms with Gasteiger partial charge in [0.2, 0.25) is 0 Å². The van der Waals surface area contributed by atoms with Gasteiger partial charge in [-0.2, -0.15) is 18.4 Å². The molecular weight excluding hydrogens is 467 g/mol. The van der Waals surface area contributed by atoms with Crippen LogP contribution in [0, 0.1) is 11.3 Å². The number of methoxy groups -OCH3 is 2. The molecule has 3 rings (SSSR count). The van der Waals surface area contributed by atoms with E-state index < -0.39 is 11.7 Å². The topological polar surface area (TPSA) is 93.0 Å². The first-order valence-electron chi connectivity index (χ1n) is 8.80. The summed E-state index contributed by atoms with van der Waals surface area (Å²) < 4.78 is 49.2. The van der Waals surface area contributed by atoms with Gasteiger partial charge < -0.3 is 14.8 Å². The minimum atomic E-state index is -4.59. The van der Waals surface area contributed by atoms with E-state index in [2.05, 4.69) is 20.3 Å². The largest absolute Gasteiger partial charge is 0.493 e. The zero-order valence-electron chi connectivity index (χ0n) is 16.9. The van der Waals surface area contributed by atoms with E-state index in [9.17, 15) is 18.4 Å². The van der Waals surface area contributed by atoms with Crippen molar-refractivity contribution in [1.82, 2.24) is 15.0 Å². The van der Waals surface area contributed by atoms with Gasteiger partial charge in [-0.15, -0.1) is 0 Å². The molecule has 0 atom stereocenters. The second-order valence-electron chi connectivity index (χ2n) is 6.14. The van der Waals surface area contributed by atoms with Crippen LogP contribution in [-0.4, -0.2) is 35.4 Å². The highest BCUT2D eigenvalue weighted by atomic mass is 35.5. The van der Waals surface area contributed by atoms with Crippen LogP contribution in [-0.2, 0) is 6.18 Å². The third-order valence-corrected chi connectivity index (χ3v) is 5.08. The number of nitriles is 1. The van der Waals surface area contributed by atoms with Crippen LogP contribution < -0.4 is 14.8 Å². The van der Waals surface area contributed by atoms with Gasteiger partial charge in [0, 0.05) is 11.8 Å². The molecule has 0 saturated carbocycles. The van der Waals surface area contributed by atoms with Crippen LogP contribution in [0.1, 0.15) is 11.1 Å². The molecule has 2 heterocycles. The molecule has 2 aromatic heterocycles. The van der Waals surface area contributed by atoms with E-state index in [0.29, 0.717) is 34.1 Å². The molecule has 0 aliphatic carbocycles. The number of pyridine rings is 1.